The molecule has 1 aliphatic heterocycles. The van der Waals surface area contributed by atoms with E-state index in [0.717, 1.165) is 29.0 Å². The smallest absolute Gasteiger partial charge is 0.246 e. The van der Waals surface area contributed by atoms with Crippen LogP contribution in [0.15, 0.2) is 29.8 Å². The number of hydrogen-bond donors (Lipinski definition) is 1. The Labute approximate surface area is 98.7 Å². The van der Waals surface area contributed by atoms with Crippen LogP contribution in [0.5, 0.6) is 0 Å². The number of imidazole rings is 1. The van der Waals surface area contributed by atoms with Crippen molar-refractivity contribution in [2.45, 2.75) is 19.8 Å². The Morgan fingerprint density at radius 3 is 2.88 bits per heavy atom. The van der Waals surface area contributed by atoms with E-state index in [9.17, 15) is 4.79 Å². The van der Waals surface area contributed by atoms with Gasteiger partial charge in [0, 0.05) is 17.7 Å². The minimum atomic E-state index is -0.328. The molecule has 1 amide bonds. The van der Waals surface area contributed by atoms with Crippen LogP contribution in [0, 0.1) is 0 Å². The zero-order chi connectivity index (χ0) is 12.0. The van der Waals surface area contributed by atoms with Crippen LogP contribution in [0.25, 0.3) is 16.7 Å². The first-order valence-electron chi connectivity index (χ1n) is 5.65. The van der Waals surface area contributed by atoms with Gasteiger partial charge in [0.25, 0.3) is 0 Å². The lowest BCUT2D eigenvalue weighted by Crippen LogP contribution is -2.21. The van der Waals surface area contributed by atoms with Crippen molar-refractivity contribution in [1.29, 1.82) is 0 Å². The predicted octanol–water partition coefficient (Wildman–Crippen LogP) is 1.70. The van der Waals surface area contributed by atoms with Crippen LogP contribution in [0.2, 0.25) is 0 Å². The molecule has 1 aromatic heterocycles. The van der Waals surface area contributed by atoms with Crippen LogP contribution >= 0.6 is 0 Å². The number of fused-ring (bicyclic) bond motifs is 3. The Balaban J connectivity index is 2.34. The summed E-state index contributed by atoms with van der Waals surface area (Å²) >= 11 is 0. The third-order valence-corrected chi connectivity index (χ3v) is 3.30. The Hall–Kier alpha value is -2.10. The van der Waals surface area contributed by atoms with E-state index >= 15 is 0 Å². The molecule has 2 aromatic rings. The second-order valence-corrected chi connectivity index (χ2v) is 4.28. The van der Waals surface area contributed by atoms with Gasteiger partial charge in [-0.15, -0.1) is 0 Å². The Bertz CT molecular complexity index is 652. The fourth-order valence-corrected chi connectivity index (χ4v) is 2.47. The molecular weight excluding hydrogens is 214 g/mol. The fraction of sp³-hybridized carbons (Fsp3) is 0.231. The number of rotatable bonds is 1. The molecule has 1 aromatic carbocycles. The maximum Gasteiger partial charge on any atom is 0.246 e. The van der Waals surface area contributed by atoms with Crippen LogP contribution in [-0.2, 0) is 11.2 Å². The van der Waals surface area contributed by atoms with E-state index in [4.69, 9.17) is 5.73 Å². The highest BCUT2D eigenvalue weighted by molar-refractivity contribution is 5.99. The number of aromatic nitrogens is 2. The molecule has 2 N–H and O–H groups in total. The molecule has 0 fully saturated rings. The molecule has 0 bridgehead atoms. The van der Waals surface area contributed by atoms with E-state index in [1.807, 2.05) is 35.8 Å². The summed E-state index contributed by atoms with van der Waals surface area (Å²) in [4.78, 5) is 15.9. The van der Waals surface area contributed by atoms with Crippen LogP contribution < -0.4 is 5.73 Å². The lowest BCUT2D eigenvalue weighted by molar-refractivity contribution is -0.114. The van der Waals surface area contributed by atoms with Crippen LogP contribution in [0.1, 0.15) is 19.2 Å². The number of aryl methyl sites for hydroxylation is 1. The Morgan fingerprint density at radius 1 is 1.35 bits per heavy atom. The molecule has 1 aliphatic rings. The number of carbonyl (C=O) groups is 1. The third-order valence-electron chi connectivity index (χ3n) is 3.30. The van der Waals surface area contributed by atoms with Gasteiger partial charge >= 0.3 is 0 Å². The van der Waals surface area contributed by atoms with E-state index in [1.165, 1.54) is 0 Å². The average Bonchev–Trinajstić information content (AvgIpc) is 2.67. The number of amides is 1. The maximum absolute atomic E-state index is 11.4. The zero-order valence-corrected chi connectivity index (χ0v) is 9.60. The lowest BCUT2D eigenvalue weighted by atomic mass is 10.0. The first kappa shape index (κ1) is 10.1. The summed E-state index contributed by atoms with van der Waals surface area (Å²) in [6.07, 6.45) is 1.45. The van der Waals surface area contributed by atoms with Gasteiger partial charge in [0.05, 0.1) is 11.0 Å². The van der Waals surface area contributed by atoms with Gasteiger partial charge in [-0.25, -0.2) is 4.98 Å². The number of nitrogens with zero attached hydrogens (tertiary/aromatic N) is 2. The molecule has 0 spiro atoms. The number of hydrogen-bond acceptors (Lipinski definition) is 2. The van der Waals surface area contributed by atoms with Crippen molar-refractivity contribution >= 4 is 22.6 Å². The third kappa shape index (κ3) is 1.37. The fourth-order valence-electron chi connectivity index (χ4n) is 2.47. The normalized spacial score (nSPS) is 15.1. The molecule has 4 heteroatoms. The van der Waals surface area contributed by atoms with E-state index in [-0.39, 0.29) is 5.91 Å². The molecular formula is C13H13N3O. The van der Waals surface area contributed by atoms with Gasteiger partial charge < -0.3 is 5.73 Å². The van der Waals surface area contributed by atoms with Gasteiger partial charge in [0.1, 0.15) is 5.82 Å². The first-order valence-corrected chi connectivity index (χ1v) is 5.65. The highest BCUT2D eigenvalue weighted by Crippen LogP contribution is 2.29. The molecule has 4 nitrogen and oxygen atoms in total. The molecule has 86 valence electrons. The SMILES string of the molecule is CC1=C(C(N)=O)CCc2nc3ccccc3n21. The largest absolute Gasteiger partial charge is 0.366 e. The molecule has 0 saturated heterocycles. The minimum Gasteiger partial charge on any atom is -0.366 e. The molecule has 0 saturated carbocycles. The second kappa shape index (κ2) is 3.45. The van der Waals surface area contributed by atoms with E-state index in [0.29, 0.717) is 12.0 Å². The number of nitrogens with two attached hydrogens (primary N) is 1. The molecule has 3 rings (SSSR count). The molecule has 17 heavy (non-hydrogen) atoms. The van der Waals surface area contributed by atoms with Crippen LogP contribution in [0.3, 0.4) is 0 Å². The molecule has 0 atom stereocenters. The minimum absolute atomic E-state index is 0.328. The second-order valence-electron chi connectivity index (χ2n) is 4.28. The van der Waals surface area contributed by atoms with Crippen LogP contribution in [0.4, 0.5) is 0 Å². The highest BCUT2D eigenvalue weighted by Gasteiger charge is 2.22. The predicted molar refractivity (Wildman–Crippen MR) is 66.1 cm³/mol. The molecule has 2 heterocycles. The quantitative estimate of drug-likeness (QED) is 0.806. The zero-order valence-electron chi connectivity index (χ0n) is 9.60. The maximum atomic E-state index is 11.4. The van der Waals surface area contributed by atoms with Crippen molar-refractivity contribution in [2.75, 3.05) is 0 Å². The van der Waals surface area contributed by atoms with Crippen molar-refractivity contribution in [3.63, 3.8) is 0 Å². The van der Waals surface area contributed by atoms with E-state index < -0.39 is 0 Å². The standard InChI is InChI=1S/C13H13N3O/c1-8-9(13(14)17)6-7-12-15-10-4-2-3-5-11(10)16(8)12/h2-5H,6-7H2,1H3,(H2,14,17). The van der Waals surface area contributed by atoms with Gasteiger partial charge in [0.2, 0.25) is 5.91 Å². The summed E-state index contributed by atoms with van der Waals surface area (Å²) in [6.45, 7) is 1.93. The van der Waals surface area contributed by atoms with Crippen molar-refractivity contribution < 1.29 is 4.79 Å². The van der Waals surface area contributed by atoms with Crippen molar-refractivity contribution in [3.8, 4) is 0 Å². The van der Waals surface area contributed by atoms with Crippen molar-refractivity contribution in [2.24, 2.45) is 5.73 Å². The summed E-state index contributed by atoms with van der Waals surface area (Å²) in [5.41, 5.74) is 9.02. The van der Waals surface area contributed by atoms with E-state index in [1.54, 1.807) is 0 Å². The number of carbonyl (C=O) groups excluding carboxylic acids is 1. The number of benzene rings is 1. The number of allylic oxidation sites excluding steroid dienone is 1. The summed E-state index contributed by atoms with van der Waals surface area (Å²) in [5.74, 6) is 0.680. The Kier molecular flexibility index (Phi) is 2.04. The summed E-state index contributed by atoms with van der Waals surface area (Å²) in [5, 5.41) is 0. The van der Waals surface area contributed by atoms with Gasteiger partial charge in [-0.1, -0.05) is 12.1 Å². The van der Waals surface area contributed by atoms with Crippen molar-refractivity contribution in [1.82, 2.24) is 9.55 Å². The van der Waals surface area contributed by atoms with Gasteiger partial charge in [-0.05, 0) is 25.5 Å². The van der Waals surface area contributed by atoms with Crippen LogP contribution in [-0.4, -0.2) is 15.5 Å². The molecule has 0 unspecified atom stereocenters. The number of para-hydroxylation sites is 2. The molecule has 0 aliphatic carbocycles. The van der Waals surface area contributed by atoms with Gasteiger partial charge in [-0.2, -0.15) is 0 Å². The summed E-state index contributed by atoms with van der Waals surface area (Å²) in [7, 11) is 0. The van der Waals surface area contributed by atoms with E-state index in [2.05, 4.69) is 4.98 Å². The van der Waals surface area contributed by atoms with Crippen molar-refractivity contribution in [3.05, 3.63) is 35.7 Å². The molecule has 0 radical (unpaired) electrons. The van der Waals surface area contributed by atoms with Gasteiger partial charge in [-0.3, -0.25) is 9.36 Å². The average molecular weight is 227 g/mol. The topological polar surface area (TPSA) is 60.9 Å². The van der Waals surface area contributed by atoms with Gasteiger partial charge in [0.15, 0.2) is 0 Å². The lowest BCUT2D eigenvalue weighted by Gasteiger charge is -2.18. The Morgan fingerprint density at radius 2 is 2.12 bits per heavy atom. The first-order chi connectivity index (χ1) is 8.18. The highest BCUT2D eigenvalue weighted by atomic mass is 16.1. The summed E-state index contributed by atoms with van der Waals surface area (Å²) < 4.78 is 2.04. The monoisotopic (exact) mass is 227 g/mol. The summed E-state index contributed by atoms with van der Waals surface area (Å²) in [6, 6.07) is 7.94. The number of primary amides is 1.